The fraction of sp³-hybridized carbons (Fsp3) is 0.0526. The SMILES string of the molecule is [2H]CC1(C([2H])[2H])c2cc([2H])c(N(c3c([2H])c([2H])c4c(c3[2H])C(c3c([2H])ccc([2H])c3[2H])(c3c([2H])c([2H])cc([2H])c3[2H])c3c([2H])c([2H])cc([2H])c3-4)c3c(-c4c([2H])c([2H])c([2H])c(-c5c([2H])c([2H])c(-c6c([2H])c([2H])c([2H])c([2H])c6[2H])c([2H])c5[2H])c4[2H])c([2H])c4c5c([2H])c([2H])c([2H])cc5c5c([2H])cc([2H])c([2H])c5c4c3[2H])c([2H])c2-c2c([2H])c([2H])cc([2H])c21. The Bertz CT molecular complexity index is 6870. The largest absolute Gasteiger partial charge is 0.310 e. The molecule has 362 valence electrons. The summed E-state index contributed by atoms with van der Waals surface area (Å²) < 4.78 is 407. The molecule has 1 nitrogen and oxygen atoms in total. The van der Waals surface area contributed by atoms with E-state index in [1.54, 1.807) is 0 Å². The van der Waals surface area contributed by atoms with Gasteiger partial charge in [0.25, 0.3) is 0 Å². The molecule has 2 aliphatic rings. The summed E-state index contributed by atoms with van der Waals surface area (Å²) in [5, 5.41) is -4.13. The molecule has 0 N–H and O–H groups in total. The number of anilines is 3. The summed E-state index contributed by atoms with van der Waals surface area (Å²) in [6, 6.07) is -35.2. The van der Waals surface area contributed by atoms with Crippen molar-refractivity contribution in [1.82, 2.24) is 0 Å². The molecule has 13 aromatic carbocycles. The molecular formula is C76H53N. The van der Waals surface area contributed by atoms with Gasteiger partial charge < -0.3 is 4.90 Å². The third-order valence-electron chi connectivity index (χ3n) is 13.6. The van der Waals surface area contributed by atoms with Gasteiger partial charge in [-0.25, -0.2) is 0 Å². The Kier molecular flexibility index (Phi) is 4.45. The minimum atomic E-state index is -3.35. The number of fused-ring (bicyclic) bond motifs is 12. The summed E-state index contributed by atoms with van der Waals surface area (Å²) in [5.41, 5.74) is -24.5. The molecule has 0 amide bonds. The van der Waals surface area contributed by atoms with E-state index in [9.17, 15) is 46.6 Å². The lowest BCUT2D eigenvalue weighted by molar-refractivity contribution is 0.660. The highest BCUT2D eigenvalue weighted by atomic mass is 15.1. The van der Waals surface area contributed by atoms with Gasteiger partial charge in [0.1, 0.15) is 0 Å². The highest BCUT2D eigenvalue weighted by Gasteiger charge is 2.46. The molecule has 0 aromatic heterocycles. The molecule has 0 aliphatic heterocycles. The molecule has 2 aliphatic carbocycles. The summed E-state index contributed by atoms with van der Waals surface area (Å²) >= 11 is 0. The highest BCUT2D eigenvalue weighted by molar-refractivity contribution is 6.27. The van der Waals surface area contributed by atoms with Crippen LogP contribution in [0.5, 0.6) is 0 Å². The summed E-state index contributed by atoms with van der Waals surface area (Å²) in [6.45, 7) is -3.43. The summed E-state index contributed by atoms with van der Waals surface area (Å²) in [4.78, 5) is 0.368. The maximum Gasteiger partial charge on any atom is 0.0714 e. The minimum Gasteiger partial charge on any atom is -0.310 e. The lowest BCUT2D eigenvalue weighted by Crippen LogP contribution is -2.28. The van der Waals surface area contributed by atoms with Crippen molar-refractivity contribution in [2.45, 2.75) is 24.6 Å². The number of hydrogen-bond donors (Lipinski definition) is 0. The first-order valence-corrected chi connectivity index (χ1v) is 23.4. The van der Waals surface area contributed by atoms with E-state index in [0.717, 1.165) is 48.5 Å². The van der Waals surface area contributed by atoms with Gasteiger partial charge in [0.2, 0.25) is 0 Å². The average molecular weight is 1020 g/mol. The highest BCUT2D eigenvalue weighted by Crippen LogP contribution is 2.58. The number of rotatable bonds is 8. The van der Waals surface area contributed by atoms with E-state index in [2.05, 4.69) is 0 Å². The van der Waals surface area contributed by atoms with Crippen molar-refractivity contribution >= 4 is 49.4 Å². The zero-order valence-electron chi connectivity index (χ0n) is 81.4. The van der Waals surface area contributed by atoms with Gasteiger partial charge in [-0.05, 0) is 158 Å². The summed E-state index contributed by atoms with van der Waals surface area (Å²) in [5.74, 6) is 0. The maximum absolute atomic E-state index is 11.4. The Morgan fingerprint density at radius 3 is 1.84 bits per heavy atom. The van der Waals surface area contributed by atoms with Crippen molar-refractivity contribution in [3.8, 4) is 55.6 Å². The van der Waals surface area contributed by atoms with Crippen LogP contribution in [-0.4, -0.2) is 0 Å². The topological polar surface area (TPSA) is 3.24 Å². The quantitative estimate of drug-likeness (QED) is 0.137. The average Bonchev–Trinajstić information content (AvgIpc) is 1.54. The van der Waals surface area contributed by atoms with Gasteiger partial charge >= 0.3 is 0 Å². The first-order valence-electron chi connectivity index (χ1n) is 44.8. The third kappa shape index (κ3) is 6.87. The van der Waals surface area contributed by atoms with Crippen LogP contribution in [0.4, 0.5) is 17.1 Å². The Hall–Kier alpha value is -9.56. The van der Waals surface area contributed by atoms with Crippen LogP contribution >= 0.6 is 0 Å². The molecule has 1 heteroatoms. The Morgan fingerprint density at radius 1 is 0.325 bits per heavy atom. The van der Waals surface area contributed by atoms with Gasteiger partial charge in [0, 0.05) is 26.5 Å². The molecule has 0 radical (unpaired) electrons. The molecule has 0 saturated heterocycles. The van der Waals surface area contributed by atoms with E-state index >= 15 is 0 Å². The van der Waals surface area contributed by atoms with E-state index < -0.39 is 399 Å². The second-order valence-electron chi connectivity index (χ2n) is 17.7. The van der Waals surface area contributed by atoms with Crippen molar-refractivity contribution in [2.24, 2.45) is 0 Å². The fourth-order valence-electron chi connectivity index (χ4n) is 10.2. The predicted molar refractivity (Wildman–Crippen MR) is 325 cm³/mol. The minimum absolute atomic E-state index is 0.368. The molecule has 2 unspecified atom stereocenters. The Labute approximate surface area is 509 Å². The van der Waals surface area contributed by atoms with E-state index in [1.165, 1.54) is 0 Å². The van der Waals surface area contributed by atoms with Gasteiger partial charge in [0.15, 0.2) is 0 Å². The monoisotopic (exact) mass is 1020 g/mol. The molecule has 0 heterocycles. The fourth-order valence-corrected chi connectivity index (χ4v) is 10.2. The van der Waals surface area contributed by atoms with Gasteiger partial charge in [-0.2, -0.15) is 0 Å². The van der Waals surface area contributed by atoms with Crippen LogP contribution < -0.4 is 4.90 Å². The molecule has 0 spiro atoms. The second-order valence-corrected chi connectivity index (χ2v) is 17.7. The first kappa shape index (κ1) is 19.5. The Morgan fingerprint density at radius 2 is 0.974 bits per heavy atom. The number of nitrogens with zero attached hydrogens (tertiary/aromatic N) is 1. The lowest BCUT2D eigenvalue weighted by Gasteiger charge is -2.35. The first-order chi connectivity index (χ1) is 55.6. The molecule has 15 rings (SSSR count). The molecule has 13 aromatic rings. The number of benzene rings is 13. The predicted octanol–water partition coefficient (Wildman–Crippen LogP) is 20.3. The Balaban J connectivity index is 1.27. The number of hydrogen-bond acceptors (Lipinski definition) is 1. The van der Waals surface area contributed by atoms with Crippen LogP contribution in [-0.2, 0) is 10.8 Å². The standard InChI is InChI=1S/C76H53N/c1-75(2)70-35-18-16-34-64(70)69-46-57(42-44-71(69)75)77(58-41-43-65-63-33-17-19-36-72(63)76(73(65)47-58,55-25-8-4-9-26-55)56-27-10-5-11-28-56)74-49-68-62-32-15-13-30-60(62)59-29-12-14-31-61(59)67(68)48-66(74)54-24-20-23-53(45-54)52-39-37-51(38-40-52)50-21-6-3-7-22-50/h3-49H,1-2H3/i1D,2D2,3D,6D,7D,8D,9D,10D,12D,14D,15D,16D,19D,20D,21D,22D,23D,24D,25D,26D,27D,28D,30D,31D,32D,33D,34D,35D,36D,37D,38D,39D,40D,41D,42D,43D,45D,46D,47D,48D,49D. The van der Waals surface area contributed by atoms with Crippen molar-refractivity contribution in [2.75, 3.05) is 4.90 Å². The smallest absolute Gasteiger partial charge is 0.0714 e. The van der Waals surface area contributed by atoms with Gasteiger partial charge in [-0.15, -0.1) is 0 Å². The molecule has 0 bridgehead atoms. The summed E-state index contributed by atoms with van der Waals surface area (Å²) in [6.07, 6.45) is 0. The van der Waals surface area contributed by atoms with Crippen molar-refractivity contribution in [3.63, 3.8) is 0 Å². The van der Waals surface area contributed by atoms with E-state index in [1.807, 2.05) is 0 Å². The van der Waals surface area contributed by atoms with Gasteiger partial charge in [-0.1, -0.05) is 256 Å². The second kappa shape index (κ2) is 17.5. The van der Waals surface area contributed by atoms with Crippen molar-refractivity contribution < 1.29 is 57.6 Å². The molecule has 2 atom stereocenters. The van der Waals surface area contributed by atoms with Crippen molar-refractivity contribution in [3.05, 3.63) is 318 Å². The maximum atomic E-state index is 11.4. The third-order valence-corrected chi connectivity index (χ3v) is 13.6. The normalized spacial score (nSPS) is 23.7. The van der Waals surface area contributed by atoms with Crippen molar-refractivity contribution in [1.29, 1.82) is 0 Å². The summed E-state index contributed by atoms with van der Waals surface area (Å²) in [7, 11) is 0. The zero-order valence-corrected chi connectivity index (χ0v) is 39.4. The van der Waals surface area contributed by atoms with E-state index in [0.29, 0.717) is 4.90 Å². The van der Waals surface area contributed by atoms with Crippen LogP contribution in [0.1, 0.15) is 105 Å². The van der Waals surface area contributed by atoms with E-state index in [4.69, 9.17) is 11.0 Å². The van der Waals surface area contributed by atoms with Gasteiger partial charge in [-0.3, -0.25) is 0 Å². The zero-order chi connectivity index (χ0) is 87.5. The molecular weight excluding hydrogens is 927 g/mol. The van der Waals surface area contributed by atoms with Crippen LogP contribution in [0, 0.1) is 0 Å². The molecule has 0 saturated carbocycles. The van der Waals surface area contributed by atoms with Crippen LogP contribution in [0.2, 0.25) is 0 Å². The van der Waals surface area contributed by atoms with Crippen LogP contribution in [0.25, 0.3) is 88.0 Å². The molecule has 77 heavy (non-hydrogen) atoms. The van der Waals surface area contributed by atoms with Gasteiger partial charge in [0.05, 0.1) is 64.6 Å². The molecule has 0 fully saturated rings. The van der Waals surface area contributed by atoms with E-state index in [-0.39, 0.29) is 0 Å². The lowest BCUT2D eigenvalue weighted by atomic mass is 9.67. The van der Waals surface area contributed by atoms with Crippen LogP contribution in [0.3, 0.4) is 0 Å². The van der Waals surface area contributed by atoms with Crippen LogP contribution in [0.15, 0.2) is 284 Å².